The van der Waals surface area contributed by atoms with Crippen LogP contribution >= 0.6 is 11.8 Å². The molecule has 0 saturated heterocycles. The second kappa shape index (κ2) is 8.46. The van der Waals surface area contributed by atoms with Crippen molar-refractivity contribution in [1.82, 2.24) is 4.90 Å². The number of carbonyl (C=O) groups is 2. The Morgan fingerprint density at radius 2 is 1.55 bits per heavy atom. The van der Waals surface area contributed by atoms with Crippen LogP contribution in [0.15, 0.2) is 70.1 Å². The molecule has 0 bridgehead atoms. The molecule has 1 aliphatic carbocycles. The van der Waals surface area contributed by atoms with Crippen LogP contribution < -0.4 is 4.90 Å². The number of amides is 2. The zero-order chi connectivity index (χ0) is 20.4. The molecule has 1 saturated carbocycles. The summed E-state index contributed by atoms with van der Waals surface area (Å²) in [5.41, 5.74) is 2.33. The lowest BCUT2D eigenvalue weighted by atomic mass is 9.94. The van der Waals surface area contributed by atoms with Crippen LogP contribution in [0.25, 0.3) is 0 Å². The van der Waals surface area contributed by atoms with E-state index in [4.69, 9.17) is 0 Å². The molecule has 5 heteroatoms. The van der Waals surface area contributed by atoms with Gasteiger partial charge in [-0.05, 0) is 44.0 Å². The summed E-state index contributed by atoms with van der Waals surface area (Å²) < 4.78 is 0. The number of hydrogen-bond donors (Lipinski definition) is 0. The molecule has 4 rings (SSSR count). The number of thioether (sulfide) groups is 1. The summed E-state index contributed by atoms with van der Waals surface area (Å²) >= 11 is 1.40. The number of hydrogen-bond acceptors (Lipinski definition) is 4. The molecule has 0 spiro atoms. The third-order valence-corrected chi connectivity index (χ3v) is 6.83. The van der Waals surface area contributed by atoms with E-state index in [-0.39, 0.29) is 11.8 Å². The topological polar surface area (TPSA) is 40.6 Å². The Labute approximate surface area is 176 Å². The first-order valence-corrected chi connectivity index (χ1v) is 11.0. The van der Waals surface area contributed by atoms with Crippen molar-refractivity contribution in [3.05, 3.63) is 70.8 Å². The van der Waals surface area contributed by atoms with Crippen molar-refractivity contribution in [1.29, 1.82) is 0 Å². The minimum absolute atomic E-state index is 0.219. The third-order valence-electron chi connectivity index (χ3n) is 5.75. The number of aryl methyl sites for hydroxylation is 1. The Kier molecular flexibility index (Phi) is 5.76. The molecule has 1 fully saturated rings. The van der Waals surface area contributed by atoms with Crippen molar-refractivity contribution >= 4 is 29.3 Å². The van der Waals surface area contributed by atoms with E-state index in [9.17, 15) is 9.59 Å². The number of likely N-dealkylation sites (N-methyl/N-ethyl adjacent to an activating group) is 1. The standard InChI is InChI=1S/C24H26N2O2S/c1-17-13-15-20(16-14-17)29-22-21(25(2)18-9-5-3-6-10-18)23(27)26(24(22)28)19-11-7-4-8-12-19/h4,7-8,11-16,18H,3,5-6,9-10H2,1-2H3. The van der Waals surface area contributed by atoms with Gasteiger partial charge in [-0.25, -0.2) is 4.90 Å². The van der Waals surface area contributed by atoms with E-state index in [1.54, 1.807) is 0 Å². The highest BCUT2D eigenvalue weighted by atomic mass is 32.2. The van der Waals surface area contributed by atoms with Crippen LogP contribution in [-0.4, -0.2) is 29.8 Å². The quantitative estimate of drug-likeness (QED) is 0.645. The van der Waals surface area contributed by atoms with Crippen molar-refractivity contribution in [3.8, 4) is 0 Å². The molecule has 1 aliphatic heterocycles. The minimum atomic E-state index is -0.232. The minimum Gasteiger partial charge on any atom is -0.366 e. The molecular formula is C24H26N2O2S. The highest BCUT2D eigenvalue weighted by Crippen LogP contribution is 2.40. The van der Waals surface area contributed by atoms with Crippen LogP contribution in [0.2, 0.25) is 0 Å². The molecular weight excluding hydrogens is 380 g/mol. The first kappa shape index (κ1) is 19.8. The molecule has 2 aromatic rings. The molecule has 150 valence electrons. The lowest BCUT2D eigenvalue weighted by Crippen LogP contribution is -2.38. The monoisotopic (exact) mass is 406 g/mol. The van der Waals surface area contributed by atoms with Gasteiger partial charge in [-0.2, -0.15) is 0 Å². The van der Waals surface area contributed by atoms with Crippen molar-refractivity contribution < 1.29 is 9.59 Å². The van der Waals surface area contributed by atoms with E-state index in [0.29, 0.717) is 22.3 Å². The number of anilines is 1. The van der Waals surface area contributed by atoms with Crippen molar-refractivity contribution in [2.45, 2.75) is 50.0 Å². The normalized spacial score (nSPS) is 17.9. The Morgan fingerprint density at radius 1 is 0.897 bits per heavy atom. The summed E-state index contributed by atoms with van der Waals surface area (Å²) in [7, 11) is 1.97. The highest BCUT2D eigenvalue weighted by Gasteiger charge is 2.43. The van der Waals surface area contributed by atoms with E-state index in [2.05, 4.69) is 4.90 Å². The van der Waals surface area contributed by atoms with Crippen LogP contribution in [0, 0.1) is 6.92 Å². The van der Waals surface area contributed by atoms with Crippen LogP contribution in [0.1, 0.15) is 37.7 Å². The van der Waals surface area contributed by atoms with Gasteiger partial charge in [0.25, 0.3) is 11.8 Å². The van der Waals surface area contributed by atoms with Gasteiger partial charge in [-0.1, -0.05) is 66.9 Å². The zero-order valence-electron chi connectivity index (χ0n) is 16.9. The predicted octanol–water partition coefficient (Wildman–Crippen LogP) is 5.14. The second-order valence-corrected chi connectivity index (χ2v) is 8.86. The summed E-state index contributed by atoms with van der Waals surface area (Å²) in [5.74, 6) is -0.451. The average Bonchev–Trinajstić information content (AvgIpc) is 3.00. The van der Waals surface area contributed by atoms with Crippen LogP contribution in [0.3, 0.4) is 0 Å². The number of rotatable bonds is 5. The van der Waals surface area contributed by atoms with Gasteiger partial charge in [0.1, 0.15) is 10.6 Å². The van der Waals surface area contributed by atoms with Gasteiger partial charge in [0.2, 0.25) is 0 Å². The molecule has 0 radical (unpaired) electrons. The first-order chi connectivity index (χ1) is 14.1. The van der Waals surface area contributed by atoms with Crippen molar-refractivity contribution in [3.63, 3.8) is 0 Å². The summed E-state index contributed by atoms with van der Waals surface area (Å²) in [5, 5.41) is 0. The fraction of sp³-hybridized carbons (Fsp3) is 0.333. The van der Waals surface area contributed by atoms with E-state index in [1.807, 2.05) is 68.6 Å². The maximum atomic E-state index is 13.4. The van der Waals surface area contributed by atoms with E-state index < -0.39 is 0 Å². The lowest BCUT2D eigenvalue weighted by Gasteiger charge is -2.33. The third kappa shape index (κ3) is 3.97. The molecule has 1 heterocycles. The van der Waals surface area contributed by atoms with Gasteiger partial charge in [-0.3, -0.25) is 9.59 Å². The summed E-state index contributed by atoms with van der Waals surface area (Å²) in [6, 6.07) is 17.6. The first-order valence-electron chi connectivity index (χ1n) is 10.2. The number of carbonyl (C=O) groups excluding carboxylic acids is 2. The highest BCUT2D eigenvalue weighted by molar-refractivity contribution is 8.04. The largest absolute Gasteiger partial charge is 0.366 e. The number of para-hydroxylation sites is 1. The van der Waals surface area contributed by atoms with E-state index in [0.717, 1.165) is 17.7 Å². The molecule has 0 N–H and O–H groups in total. The summed E-state index contributed by atoms with van der Waals surface area (Å²) in [6.07, 6.45) is 5.72. The summed E-state index contributed by atoms with van der Waals surface area (Å²) in [4.78, 5) is 31.7. The van der Waals surface area contributed by atoms with Crippen LogP contribution in [0.4, 0.5) is 5.69 Å². The fourth-order valence-corrected chi connectivity index (χ4v) is 5.10. The van der Waals surface area contributed by atoms with Gasteiger partial charge >= 0.3 is 0 Å². The Balaban J connectivity index is 1.72. The Hall–Kier alpha value is -2.53. The van der Waals surface area contributed by atoms with Gasteiger partial charge < -0.3 is 4.90 Å². The second-order valence-electron chi connectivity index (χ2n) is 7.78. The van der Waals surface area contributed by atoms with E-state index >= 15 is 0 Å². The van der Waals surface area contributed by atoms with Gasteiger partial charge in [0.05, 0.1) is 5.69 Å². The zero-order valence-corrected chi connectivity index (χ0v) is 17.7. The molecule has 29 heavy (non-hydrogen) atoms. The molecule has 2 aromatic carbocycles. The Morgan fingerprint density at radius 3 is 2.21 bits per heavy atom. The summed E-state index contributed by atoms with van der Waals surface area (Å²) in [6.45, 7) is 2.04. The fourth-order valence-electron chi connectivity index (χ4n) is 4.09. The van der Waals surface area contributed by atoms with Gasteiger partial charge in [0.15, 0.2) is 0 Å². The van der Waals surface area contributed by atoms with Gasteiger partial charge in [-0.15, -0.1) is 0 Å². The van der Waals surface area contributed by atoms with Crippen LogP contribution in [-0.2, 0) is 9.59 Å². The molecule has 2 aliphatic rings. The molecule has 0 atom stereocenters. The van der Waals surface area contributed by atoms with E-state index in [1.165, 1.54) is 41.5 Å². The maximum absolute atomic E-state index is 13.4. The maximum Gasteiger partial charge on any atom is 0.283 e. The number of nitrogens with zero attached hydrogens (tertiary/aromatic N) is 2. The number of benzene rings is 2. The van der Waals surface area contributed by atoms with Crippen molar-refractivity contribution in [2.24, 2.45) is 0 Å². The SMILES string of the molecule is Cc1ccc(SC2=C(N(C)C3CCCCC3)C(=O)N(c3ccccc3)C2=O)cc1. The number of imide groups is 1. The molecule has 0 aromatic heterocycles. The van der Waals surface area contributed by atoms with Crippen LogP contribution in [0.5, 0.6) is 0 Å². The molecule has 2 amide bonds. The smallest absolute Gasteiger partial charge is 0.283 e. The Bertz CT molecular complexity index is 931. The lowest BCUT2D eigenvalue weighted by molar-refractivity contribution is -0.121. The molecule has 4 nitrogen and oxygen atoms in total. The van der Waals surface area contributed by atoms with Gasteiger partial charge in [0, 0.05) is 18.0 Å². The van der Waals surface area contributed by atoms with Crippen molar-refractivity contribution in [2.75, 3.05) is 11.9 Å². The molecule has 0 unspecified atom stereocenters. The predicted molar refractivity (Wildman–Crippen MR) is 118 cm³/mol. The average molecular weight is 407 g/mol.